The third-order valence-electron chi connectivity index (χ3n) is 3.59. The Morgan fingerprint density at radius 3 is 2.57 bits per heavy atom. The summed E-state index contributed by atoms with van der Waals surface area (Å²) in [5.74, 6) is -0.230. The largest absolute Gasteiger partial charge is 0.307 e. The lowest BCUT2D eigenvalue weighted by atomic mass is 10.1. The minimum absolute atomic E-state index is 0.165. The molecule has 2 aromatic rings. The van der Waals surface area contributed by atoms with E-state index in [1.54, 1.807) is 11.0 Å². The molecule has 0 unspecified atom stereocenters. The summed E-state index contributed by atoms with van der Waals surface area (Å²) in [5, 5.41) is 9.30. The topological polar surface area (TPSA) is 44.1 Å². The number of hydrogen-bond acceptors (Lipinski definition) is 2. The van der Waals surface area contributed by atoms with Crippen molar-refractivity contribution in [1.29, 1.82) is 5.26 Å². The summed E-state index contributed by atoms with van der Waals surface area (Å²) in [6, 6.07) is 19.3. The monoisotopic (exact) mass is 274 g/mol. The van der Waals surface area contributed by atoms with E-state index in [0.29, 0.717) is 6.54 Å². The molecule has 3 heteroatoms. The number of anilines is 1. The number of nitrogens with zero attached hydrogens (tertiary/aromatic N) is 2. The van der Waals surface area contributed by atoms with Crippen molar-refractivity contribution in [3.05, 3.63) is 71.3 Å². The number of hydrogen-bond donors (Lipinski definition) is 0. The van der Waals surface area contributed by atoms with Crippen LogP contribution in [0.4, 0.5) is 5.69 Å². The maximum absolute atomic E-state index is 12.6. The Hall–Kier alpha value is -2.86. The molecule has 1 heterocycles. The van der Waals surface area contributed by atoms with Crippen molar-refractivity contribution in [3.63, 3.8) is 0 Å². The summed E-state index contributed by atoms with van der Waals surface area (Å²) in [6.45, 7) is 0.631. The third-order valence-corrected chi connectivity index (χ3v) is 3.59. The second-order valence-electron chi connectivity index (χ2n) is 4.92. The molecule has 1 aliphatic rings. The molecule has 0 aliphatic carbocycles. The van der Waals surface area contributed by atoms with Crippen LogP contribution in [-0.4, -0.2) is 12.5 Å². The molecule has 0 fully saturated rings. The van der Waals surface area contributed by atoms with E-state index >= 15 is 0 Å². The van der Waals surface area contributed by atoms with Gasteiger partial charge in [-0.05, 0) is 29.7 Å². The van der Waals surface area contributed by atoms with E-state index in [1.165, 1.54) is 0 Å². The molecule has 3 nitrogen and oxygen atoms in total. The predicted octanol–water partition coefficient (Wildman–Crippen LogP) is 3.18. The van der Waals surface area contributed by atoms with Gasteiger partial charge in [0.2, 0.25) is 0 Å². The van der Waals surface area contributed by atoms with Crippen LogP contribution in [0.25, 0.3) is 6.08 Å². The van der Waals surface area contributed by atoms with Gasteiger partial charge in [-0.2, -0.15) is 5.26 Å². The van der Waals surface area contributed by atoms with Crippen LogP contribution in [0.5, 0.6) is 0 Å². The highest BCUT2D eigenvalue weighted by Crippen LogP contribution is 2.28. The Kier molecular flexibility index (Phi) is 3.53. The van der Waals surface area contributed by atoms with E-state index in [-0.39, 0.29) is 11.5 Å². The van der Waals surface area contributed by atoms with Gasteiger partial charge in [0.25, 0.3) is 5.91 Å². The number of fused-ring (bicyclic) bond motifs is 1. The first-order chi connectivity index (χ1) is 10.3. The minimum Gasteiger partial charge on any atom is -0.307 e. The van der Waals surface area contributed by atoms with Gasteiger partial charge >= 0.3 is 0 Å². The summed E-state index contributed by atoms with van der Waals surface area (Å²) in [5.41, 5.74) is 3.09. The van der Waals surface area contributed by atoms with E-state index in [9.17, 15) is 10.1 Å². The standard InChI is InChI=1S/C18H14N2O/c19-13-16(12-14-6-2-1-3-7-14)18(21)20-11-10-15-8-4-5-9-17(15)20/h1-9,12H,10-11H2. The molecule has 0 aromatic heterocycles. The smallest absolute Gasteiger partial charge is 0.268 e. The Labute approximate surface area is 123 Å². The number of rotatable bonds is 2. The maximum Gasteiger partial charge on any atom is 0.268 e. The van der Waals surface area contributed by atoms with Gasteiger partial charge in [0.05, 0.1) is 0 Å². The zero-order chi connectivity index (χ0) is 14.7. The van der Waals surface area contributed by atoms with Gasteiger partial charge in [-0.1, -0.05) is 48.5 Å². The van der Waals surface area contributed by atoms with Gasteiger partial charge in [-0.15, -0.1) is 0 Å². The molecule has 1 aliphatic heterocycles. The summed E-state index contributed by atoms with van der Waals surface area (Å²) in [7, 11) is 0. The predicted molar refractivity (Wildman–Crippen MR) is 82.5 cm³/mol. The number of nitriles is 1. The van der Waals surface area contributed by atoms with Gasteiger partial charge in [-0.3, -0.25) is 4.79 Å². The van der Waals surface area contributed by atoms with Gasteiger partial charge < -0.3 is 4.90 Å². The normalized spacial score (nSPS) is 13.7. The Balaban J connectivity index is 1.92. The number of para-hydroxylation sites is 1. The average Bonchev–Trinajstić information content (AvgIpc) is 2.97. The Bertz CT molecular complexity index is 741. The minimum atomic E-state index is -0.230. The van der Waals surface area contributed by atoms with Crippen LogP contribution in [0.3, 0.4) is 0 Å². The van der Waals surface area contributed by atoms with Crippen LogP contribution in [0.2, 0.25) is 0 Å². The number of benzene rings is 2. The first-order valence-corrected chi connectivity index (χ1v) is 6.86. The number of amides is 1. The summed E-state index contributed by atoms with van der Waals surface area (Å²) in [6.07, 6.45) is 2.48. The highest BCUT2D eigenvalue weighted by Gasteiger charge is 2.26. The van der Waals surface area contributed by atoms with Crippen LogP contribution in [0.1, 0.15) is 11.1 Å². The molecule has 0 saturated heterocycles. The molecule has 0 saturated carbocycles. The zero-order valence-corrected chi connectivity index (χ0v) is 11.5. The molecule has 0 N–H and O–H groups in total. The van der Waals surface area contributed by atoms with Crippen molar-refractivity contribution < 1.29 is 4.79 Å². The lowest BCUT2D eigenvalue weighted by Gasteiger charge is -2.16. The SMILES string of the molecule is N#CC(=Cc1ccccc1)C(=O)N1CCc2ccccc21. The van der Waals surface area contributed by atoms with Crippen molar-refractivity contribution >= 4 is 17.7 Å². The number of carbonyl (C=O) groups is 1. The highest BCUT2D eigenvalue weighted by molar-refractivity contribution is 6.12. The van der Waals surface area contributed by atoms with Crippen LogP contribution in [-0.2, 0) is 11.2 Å². The summed E-state index contributed by atoms with van der Waals surface area (Å²) < 4.78 is 0. The quantitative estimate of drug-likeness (QED) is 0.623. The molecule has 2 aromatic carbocycles. The molecular formula is C18H14N2O. The number of carbonyl (C=O) groups excluding carboxylic acids is 1. The van der Waals surface area contributed by atoms with Gasteiger partial charge in [0, 0.05) is 12.2 Å². The highest BCUT2D eigenvalue weighted by atomic mass is 16.2. The van der Waals surface area contributed by atoms with Gasteiger partial charge in [0.15, 0.2) is 0 Å². The second-order valence-corrected chi connectivity index (χ2v) is 4.92. The van der Waals surface area contributed by atoms with Crippen LogP contribution < -0.4 is 4.90 Å². The zero-order valence-electron chi connectivity index (χ0n) is 11.5. The van der Waals surface area contributed by atoms with Crippen LogP contribution in [0, 0.1) is 11.3 Å². The molecule has 0 radical (unpaired) electrons. The third kappa shape index (κ3) is 2.56. The first kappa shape index (κ1) is 13.1. The van der Waals surface area contributed by atoms with Crippen LogP contribution >= 0.6 is 0 Å². The van der Waals surface area contributed by atoms with E-state index in [0.717, 1.165) is 23.2 Å². The Morgan fingerprint density at radius 1 is 1.10 bits per heavy atom. The molecule has 102 valence electrons. The fraction of sp³-hybridized carbons (Fsp3) is 0.111. The van der Waals surface area contributed by atoms with Gasteiger partial charge in [-0.25, -0.2) is 0 Å². The maximum atomic E-state index is 12.6. The second kappa shape index (κ2) is 5.64. The van der Waals surface area contributed by atoms with Crippen molar-refractivity contribution in [2.24, 2.45) is 0 Å². The Morgan fingerprint density at radius 2 is 1.81 bits per heavy atom. The molecule has 3 rings (SSSR count). The van der Waals surface area contributed by atoms with E-state index in [2.05, 4.69) is 0 Å². The average molecular weight is 274 g/mol. The van der Waals surface area contributed by atoms with Crippen molar-refractivity contribution in [3.8, 4) is 6.07 Å². The van der Waals surface area contributed by atoms with Gasteiger partial charge in [0.1, 0.15) is 11.6 Å². The van der Waals surface area contributed by atoms with E-state index in [4.69, 9.17) is 0 Å². The molecular weight excluding hydrogens is 260 g/mol. The lowest BCUT2D eigenvalue weighted by Crippen LogP contribution is -2.29. The molecule has 21 heavy (non-hydrogen) atoms. The summed E-state index contributed by atoms with van der Waals surface area (Å²) in [4.78, 5) is 14.3. The molecule has 0 atom stereocenters. The van der Waals surface area contributed by atoms with Crippen molar-refractivity contribution in [2.45, 2.75) is 6.42 Å². The molecule has 1 amide bonds. The van der Waals surface area contributed by atoms with E-state index < -0.39 is 0 Å². The fourth-order valence-electron chi connectivity index (χ4n) is 2.55. The fourth-order valence-corrected chi connectivity index (χ4v) is 2.55. The summed E-state index contributed by atoms with van der Waals surface area (Å²) >= 11 is 0. The van der Waals surface area contributed by atoms with Crippen molar-refractivity contribution in [1.82, 2.24) is 0 Å². The lowest BCUT2D eigenvalue weighted by molar-refractivity contribution is -0.114. The first-order valence-electron chi connectivity index (χ1n) is 6.86. The van der Waals surface area contributed by atoms with Crippen molar-refractivity contribution in [2.75, 3.05) is 11.4 Å². The van der Waals surface area contributed by atoms with E-state index in [1.807, 2.05) is 60.7 Å². The van der Waals surface area contributed by atoms with Crippen LogP contribution in [0.15, 0.2) is 60.2 Å². The molecule has 0 bridgehead atoms. The molecule has 0 spiro atoms.